The van der Waals surface area contributed by atoms with Gasteiger partial charge in [0.05, 0.1) is 12.5 Å². The summed E-state index contributed by atoms with van der Waals surface area (Å²) in [5.41, 5.74) is -4.61. The highest BCUT2D eigenvalue weighted by molar-refractivity contribution is 6.01. The van der Waals surface area contributed by atoms with Gasteiger partial charge in [-0.1, -0.05) is 62.8 Å². The minimum absolute atomic E-state index is 0.00978. The van der Waals surface area contributed by atoms with Gasteiger partial charge < -0.3 is 14.6 Å². The number of aliphatic hydroxyl groups is 1. The second kappa shape index (κ2) is 10.9. The highest BCUT2D eigenvalue weighted by Gasteiger charge is 2.76. The summed E-state index contributed by atoms with van der Waals surface area (Å²) in [6.07, 6.45) is 4.42. The molecule has 0 aromatic heterocycles. The Hall–Kier alpha value is -3.13. The van der Waals surface area contributed by atoms with Crippen LogP contribution in [-0.2, 0) is 35.1 Å². The van der Waals surface area contributed by atoms with E-state index in [1.54, 1.807) is 37.3 Å². The predicted molar refractivity (Wildman–Crippen MR) is 153 cm³/mol. The van der Waals surface area contributed by atoms with Crippen molar-refractivity contribution in [3.8, 4) is 0 Å². The molecule has 7 nitrogen and oxygen atoms in total. The molecule has 0 bridgehead atoms. The highest BCUT2D eigenvalue weighted by Crippen LogP contribution is 2.71. The van der Waals surface area contributed by atoms with Crippen molar-refractivity contribution in [2.75, 3.05) is 6.61 Å². The number of esters is 2. The molecule has 1 aromatic rings. The Morgan fingerprint density at radius 1 is 1.10 bits per heavy atom. The number of aliphatic hydroxyl groups excluding tert-OH is 1. The molecule has 4 aliphatic carbocycles. The molecule has 3 fully saturated rings. The summed E-state index contributed by atoms with van der Waals surface area (Å²) in [4.78, 5) is 51.9. The number of rotatable bonds is 8. The average molecular weight is 581 g/mol. The van der Waals surface area contributed by atoms with Crippen LogP contribution in [0, 0.1) is 28.6 Å². The second-order valence-corrected chi connectivity index (χ2v) is 13.1. The third-order valence-electron chi connectivity index (χ3n) is 10.8. The monoisotopic (exact) mass is 580 g/mol. The van der Waals surface area contributed by atoms with E-state index < -0.39 is 64.4 Å². The van der Waals surface area contributed by atoms with Gasteiger partial charge >= 0.3 is 11.9 Å². The summed E-state index contributed by atoms with van der Waals surface area (Å²) in [6, 6.07) is 9.03. The Morgan fingerprint density at radius 3 is 2.50 bits per heavy atom. The Bertz CT molecular complexity index is 1340. The van der Waals surface area contributed by atoms with Crippen LogP contribution in [0.1, 0.15) is 71.8 Å². The average Bonchev–Trinajstić information content (AvgIpc) is 3.23. The number of alkyl halides is 1. The topological polar surface area (TPSA) is 107 Å². The molecule has 1 unspecified atom stereocenters. The standard InChI is InChI=1S/C34H41FO7/c1-5-9-29(39)42-33(28(38)20-41-30(40)17-22-10-7-6-8-11-22)15-13-24-26-16-21(2)25-18-23(36)12-14-31(25,3)34(26,35)27(37)19-32(24,33)4/h6-8,10-12,14,18,21,24,26-27,37H,5,9,13,15-17,19-20H2,1-4H3/t21?,24-,26-,27-,31-,32-,33+,34-/m0/s1. The van der Waals surface area contributed by atoms with Gasteiger partial charge in [0.25, 0.3) is 0 Å². The van der Waals surface area contributed by atoms with Gasteiger partial charge in [-0.2, -0.15) is 0 Å². The molecule has 226 valence electrons. The largest absolute Gasteiger partial charge is 0.457 e. The number of benzene rings is 1. The van der Waals surface area contributed by atoms with Crippen molar-refractivity contribution in [2.45, 2.75) is 90.0 Å². The third-order valence-corrected chi connectivity index (χ3v) is 10.8. The summed E-state index contributed by atoms with van der Waals surface area (Å²) in [6.45, 7) is 6.78. The normalized spacial score (nSPS) is 38.5. The fraction of sp³-hybridized carbons (Fsp3) is 0.588. The first kappa shape index (κ1) is 30.3. The van der Waals surface area contributed by atoms with Crippen LogP contribution < -0.4 is 0 Å². The maximum Gasteiger partial charge on any atom is 0.310 e. The molecular formula is C34H41FO7. The number of Topliss-reactive ketones (excluding diaryl/α,β-unsaturated/α-hetero) is 1. The lowest BCUT2D eigenvalue weighted by atomic mass is 9.43. The summed E-state index contributed by atoms with van der Waals surface area (Å²) in [5.74, 6) is -3.03. The lowest BCUT2D eigenvalue weighted by Crippen LogP contribution is -2.70. The van der Waals surface area contributed by atoms with E-state index in [4.69, 9.17) is 9.47 Å². The van der Waals surface area contributed by atoms with Gasteiger partial charge in [0.15, 0.2) is 23.7 Å². The zero-order valence-corrected chi connectivity index (χ0v) is 24.9. The Kier molecular flexibility index (Phi) is 7.84. The van der Waals surface area contributed by atoms with Gasteiger partial charge in [-0.05, 0) is 68.6 Å². The first-order chi connectivity index (χ1) is 19.8. The van der Waals surface area contributed by atoms with Crippen LogP contribution in [0.5, 0.6) is 0 Å². The maximum absolute atomic E-state index is 17.6. The van der Waals surface area contributed by atoms with Crippen LogP contribution in [0.2, 0.25) is 0 Å². The van der Waals surface area contributed by atoms with E-state index in [-0.39, 0.29) is 37.4 Å². The number of ketones is 2. The number of carbonyl (C=O) groups excluding carboxylic acids is 4. The van der Waals surface area contributed by atoms with Crippen LogP contribution in [-0.4, -0.2) is 52.6 Å². The molecule has 8 atom stereocenters. The van der Waals surface area contributed by atoms with E-state index in [9.17, 15) is 24.3 Å². The van der Waals surface area contributed by atoms with Crippen LogP contribution in [0.25, 0.3) is 0 Å². The number of allylic oxidation sites excluding steroid dienone is 4. The summed E-state index contributed by atoms with van der Waals surface area (Å²) < 4.78 is 29.1. The van der Waals surface area contributed by atoms with Crippen LogP contribution in [0.4, 0.5) is 4.39 Å². The van der Waals surface area contributed by atoms with Crippen LogP contribution in [0.3, 0.4) is 0 Å². The van der Waals surface area contributed by atoms with Crippen molar-refractivity contribution in [3.63, 3.8) is 0 Å². The highest BCUT2D eigenvalue weighted by atomic mass is 19.1. The van der Waals surface area contributed by atoms with Gasteiger partial charge in [-0.3, -0.25) is 19.2 Å². The number of ether oxygens (including phenoxy) is 2. The Labute approximate surface area is 246 Å². The predicted octanol–water partition coefficient (Wildman–Crippen LogP) is 5.04. The maximum atomic E-state index is 17.6. The lowest BCUT2D eigenvalue weighted by molar-refractivity contribution is -0.228. The SMILES string of the molecule is CCCC(=O)O[C@@]1(C(=O)COC(=O)Cc2ccccc2)CC[C@H]2[C@@H]3CC(C)C4=CC(=O)C=C[C@]4(C)[C@@]3(F)[C@@H](O)C[C@@]21C. The number of hydrogen-bond acceptors (Lipinski definition) is 7. The summed E-state index contributed by atoms with van der Waals surface area (Å²) in [7, 11) is 0. The molecule has 0 spiro atoms. The van der Waals surface area contributed by atoms with Crippen molar-refractivity contribution < 1.29 is 38.1 Å². The molecule has 1 aromatic carbocycles. The number of hydrogen-bond donors (Lipinski definition) is 1. The number of fused-ring (bicyclic) bond motifs is 5. The minimum atomic E-state index is -2.08. The van der Waals surface area contributed by atoms with Gasteiger partial charge in [-0.15, -0.1) is 0 Å². The van der Waals surface area contributed by atoms with Gasteiger partial charge in [0, 0.05) is 23.2 Å². The van der Waals surface area contributed by atoms with E-state index in [0.29, 0.717) is 24.8 Å². The molecule has 42 heavy (non-hydrogen) atoms. The number of halogens is 1. The van der Waals surface area contributed by atoms with Crippen molar-refractivity contribution in [1.29, 1.82) is 0 Å². The van der Waals surface area contributed by atoms with Gasteiger partial charge in [-0.25, -0.2) is 4.39 Å². The summed E-state index contributed by atoms with van der Waals surface area (Å²) >= 11 is 0. The fourth-order valence-electron chi connectivity index (χ4n) is 8.80. The van der Waals surface area contributed by atoms with Crippen molar-refractivity contribution in [2.24, 2.45) is 28.6 Å². The van der Waals surface area contributed by atoms with Crippen LogP contribution in [0.15, 0.2) is 54.1 Å². The quantitative estimate of drug-likeness (QED) is 0.430. The number of carbonyl (C=O) groups is 4. The molecule has 5 rings (SSSR count). The van der Waals surface area contributed by atoms with E-state index in [1.807, 2.05) is 26.8 Å². The molecule has 0 saturated heterocycles. The molecule has 4 aliphatic rings. The van der Waals surface area contributed by atoms with E-state index >= 15 is 4.39 Å². The molecule has 0 radical (unpaired) electrons. The molecule has 1 N–H and O–H groups in total. The third kappa shape index (κ3) is 4.48. The smallest absolute Gasteiger partial charge is 0.310 e. The first-order valence-electron chi connectivity index (χ1n) is 15.1. The van der Waals surface area contributed by atoms with Crippen molar-refractivity contribution in [1.82, 2.24) is 0 Å². The zero-order chi connectivity index (χ0) is 30.5. The Morgan fingerprint density at radius 2 is 1.81 bits per heavy atom. The first-order valence-corrected chi connectivity index (χ1v) is 15.1. The zero-order valence-electron chi connectivity index (χ0n) is 24.9. The molecule has 0 heterocycles. The lowest BCUT2D eigenvalue weighted by Gasteiger charge is -2.63. The molecule has 3 saturated carbocycles. The molecule has 0 aliphatic heterocycles. The van der Waals surface area contributed by atoms with Crippen molar-refractivity contribution >= 4 is 23.5 Å². The molecule has 8 heteroatoms. The van der Waals surface area contributed by atoms with Crippen molar-refractivity contribution in [3.05, 3.63) is 59.7 Å². The van der Waals surface area contributed by atoms with E-state index in [1.165, 1.54) is 12.2 Å². The van der Waals surface area contributed by atoms with E-state index in [2.05, 4.69) is 0 Å². The second-order valence-electron chi connectivity index (χ2n) is 13.1. The van der Waals surface area contributed by atoms with Gasteiger partial charge in [0.2, 0.25) is 5.78 Å². The van der Waals surface area contributed by atoms with E-state index in [0.717, 1.165) is 5.56 Å². The van der Waals surface area contributed by atoms with Gasteiger partial charge in [0.1, 0.15) is 0 Å². The fourth-order valence-corrected chi connectivity index (χ4v) is 8.80. The Balaban J connectivity index is 1.47. The minimum Gasteiger partial charge on any atom is -0.457 e. The summed E-state index contributed by atoms with van der Waals surface area (Å²) in [5, 5.41) is 11.7. The van der Waals surface area contributed by atoms with Crippen LogP contribution >= 0.6 is 0 Å². The molecular weight excluding hydrogens is 539 g/mol. The molecule has 0 amide bonds.